The Hall–Kier alpha value is -3.24. The van der Waals surface area contributed by atoms with Crippen LogP contribution in [0.2, 0.25) is 5.02 Å². The summed E-state index contributed by atoms with van der Waals surface area (Å²) < 4.78 is 8.20. The molecule has 0 saturated carbocycles. The van der Waals surface area contributed by atoms with E-state index >= 15 is 0 Å². The number of para-hydroxylation sites is 2. The van der Waals surface area contributed by atoms with Gasteiger partial charge in [-0.1, -0.05) is 23.7 Å². The highest BCUT2D eigenvalue weighted by atomic mass is 35.5. The van der Waals surface area contributed by atoms with Crippen LogP contribution < -0.4 is 4.74 Å². The Morgan fingerprint density at radius 3 is 2.64 bits per heavy atom. The predicted molar refractivity (Wildman–Crippen MR) is 113 cm³/mol. The van der Waals surface area contributed by atoms with Crippen molar-refractivity contribution in [1.82, 2.24) is 14.5 Å². The molecular weight excluding hydrogens is 370 g/mol. The highest BCUT2D eigenvalue weighted by molar-refractivity contribution is 6.30. The Balaban J connectivity index is 1.43. The van der Waals surface area contributed by atoms with E-state index in [1.165, 1.54) is 0 Å². The average Bonchev–Trinajstić information content (AvgIpc) is 3.26. The second-order valence-corrected chi connectivity index (χ2v) is 7.24. The number of nitrogens with zero attached hydrogens (tertiary/aromatic N) is 2. The lowest BCUT2D eigenvalue weighted by Gasteiger charge is -2.09. The molecule has 0 radical (unpaired) electrons. The SMILES string of the molecule is Cc1cc2cc(OCc3nc4ccccc4[nH]3)ccc2n1-c1ccc(Cl)cc1. The number of benzene rings is 3. The number of halogens is 1. The van der Waals surface area contributed by atoms with Crippen LogP contribution in [0.5, 0.6) is 5.75 Å². The molecule has 138 valence electrons. The van der Waals surface area contributed by atoms with Crippen molar-refractivity contribution in [3.05, 3.63) is 89.3 Å². The molecule has 0 aliphatic rings. The molecule has 0 bridgehead atoms. The summed E-state index contributed by atoms with van der Waals surface area (Å²) in [6.07, 6.45) is 0. The molecule has 0 amide bonds. The number of fused-ring (bicyclic) bond motifs is 2. The molecule has 0 aliphatic heterocycles. The molecule has 0 spiro atoms. The van der Waals surface area contributed by atoms with E-state index in [0.717, 1.165) is 49.9 Å². The van der Waals surface area contributed by atoms with Gasteiger partial charge in [0.25, 0.3) is 0 Å². The highest BCUT2D eigenvalue weighted by Crippen LogP contribution is 2.28. The summed E-state index contributed by atoms with van der Waals surface area (Å²) in [5.41, 5.74) is 5.36. The van der Waals surface area contributed by atoms with Crippen LogP contribution in [0.4, 0.5) is 0 Å². The average molecular weight is 388 g/mol. The summed E-state index contributed by atoms with van der Waals surface area (Å²) in [6, 6.07) is 24.2. The number of H-pyrrole nitrogens is 1. The zero-order valence-electron chi connectivity index (χ0n) is 15.3. The first-order chi connectivity index (χ1) is 13.7. The minimum atomic E-state index is 0.400. The molecule has 5 heteroatoms. The van der Waals surface area contributed by atoms with E-state index in [1.54, 1.807) is 0 Å². The lowest BCUT2D eigenvalue weighted by atomic mass is 10.2. The first kappa shape index (κ1) is 16.9. The van der Waals surface area contributed by atoms with Gasteiger partial charge in [-0.25, -0.2) is 4.98 Å². The molecule has 28 heavy (non-hydrogen) atoms. The van der Waals surface area contributed by atoms with Crippen LogP contribution >= 0.6 is 11.6 Å². The van der Waals surface area contributed by atoms with Crippen molar-refractivity contribution in [3.63, 3.8) is 0 Å². The predicted octanol–water partition coefficient (Wildman–Crippen LogP) is 6.05. The van der Waals surface area contributed by atoms with Crippen molar-refractivity contribution >= 4 is 33.5 Å². The van der Waals surface area contributed by atoms with Gasteiger partial charge in [-0.15, -0.1) is 0 Å². The third-order valence-corrected chi connectivity index (χ3v) is 5.11. The molecule has 3 aromatic carbocycles. The van der Waals surface area contributed by atoms with E-state index in [4.69, 9.17) is 16.3 Å². The van der Waals surface area contributed by atoms with Gasteiger partial charge in [0.05, 0.1) is 16.6 Å². The number of nitrogens with one attached hydrogen (secondary N) is 1. The molecule has 0 atom stereocenters. The Labute approximate surface area is 167 Å². The van der Waals surface area contributed by atoms with Crippen LogP contribution in [0.25, 0.3) is 27.6 Å². The van der Waals surface area contributed by atoms with Crippen LogP contribution in [-0.4, -0.2) is 14.5 Å². The zero-order chi connectivity index (χ0) is 19.1. The smallest absolute Gasteiger partial charge is 0.146 e. The van der Waals surface area contributed by atoms with Gasteiger partial charge in [-0.05, 0) is 67.6 Å². The van der Waals surface area contributed by atoms with E-state index < -0.39 is 0 Å². The van der Waals surface area contributed by atoms with Gasteiger partial charge in [0.15, 0.2) is 0 Å². The number of aromatic nitrogens is 3. The fourth-order valence-corrected chi connectivity index (χ4v) is 3.71. The first-order valence-corrected chi connectivity index (χ1v) is 9.50. The largest absolute Gasteiger partial charge is 0.486 e. The molecule has 5 rings (SSSR count). The molecule has 4 nitrogen and oxygen atoms in total. The molecule has 2 aromatic heterocycles. The van der Waals surface area contributed by atoms with Crippen molar-refractivity contribution in [2.75, 3.05) is 0 Å². The molecule has 0 fully saturated rings. The standard InChI is InChI=1S/C23H18ClN3O/c1-15-12-16-13-19(28-14-23-25-20-4-2-3-5-21(20)26-23)10-11-22(16)27(15)18-8-6-17(24)7-9-18/h2-13H,14H2,1H3,(H,25,26). The fourth-order valence-electron chi connectivity index (χ4n) is 3.58. The topological polar surface area (TPSA) is 42.8 Å². The highest BCUT2D eigenvalue weighted by Gasteiger charge is 2.09. The van der Waals surface area contributed by atoms with Gasteiger partial charge in [-0.3, -0.25) is 0 Å². The van der Waals surface area contributed by atoms with Gasteiger partial charge >= 0.3 is 0 Å². The maximum atomic E-state index is 6.03. The Morgan fingerprint density at radius 1 is 1.00 bits per heavy atom. The minimum Gasteiger partial charge on any atom is -0.486 e. The van der Waals surface area contributed by atoms with Gasteiger partial charge in [0.1, 0.15) is 18.2 Å². The van der Waals surface area contributed by atoms with Crippen LogP contribution in [0.1, 0.15) is 11.5 Å². The third-order valence-electron chi connectivity index (χ3n) is 4.86. The van der Waals surface area contributed by atoms with Gasteiger partial charge in [0.2, 0.25) is 0 Å². The molecule has 2 heterocycles. The number of aryl methyl sites for hydroxylation is 1. The lowest BCUT2D eigenvalue weighted by molar-refractivity contribution is 0.298. The van der Waals surface area contributed by atoms with Crippen molar-refractivity contribution < 1.29 is 4.74 Å². The number of hydrogen-bond acceptors (Lipinski definition) is 2. The van der Waals surface area contributed by atoms with Gasteiger partial charge in [-0.2, -0.15) is 0 Å². The lowest BCUT2D eigenvalue weighted by Crippen LogP contribution is -1.98. The number of imidazole rings is 1. The number of ether oxygens (including phenoxy) is 1. The summed E-state index contributed by atoms with van der Waals surface area (Å²) in [5, 5.41) is 1.87. The van der Waals surface area contributed by atoms with E-state index in [-0.39, 0.29) is 0 Å². The van der Waals surface area contributed by atoms with Crippen LogP contribution in [0, 0.1) is 6.92 Å². The molecule has 0 unspecified atom stereocenters. The monoisotopic (exact) mass is 387 g/mol. The van der Waals surface area contributed by atoms with Crippen LogP contribution in [0.15, 0.2) is 72.8 Å². The number of aromatic amines is 1. The summed E-state index contributed by atoms with van der Waals surface area (Å²) in [6.45, 7) is 2.50. The van der Waals surface area contributed by atoms with Crippen LogP contribution in [0.3, 0.4) is 0 Å². The Bertz CT molecular complexity index is 1250. The second kappa shape index (κ2) is 6.73. The fraction of sp³-hybridized carbons (Fsp3) is 0.0870. The minimum absolute atomic E-state index is 0.400. The third kappa shape index (κ3) is 3.02. The van der Waals surface area contributed by atoms with E-state index in [9.17, 15) is 0 Å². The summed E-state index contributed by atoms with van der Waals surface area (Å²) >= 11 is 6.03. The second-order valence-electron chi connectivity index (χ2n) is 6.81. The normalized spacial score (nSPS) is 11.4. The molecule has 1 N–H and O–H groups in total. The van der Waals surface area contributed by atoms with Crippen molar-refractivity contribution in [1.29, 1.82) is 0 Å². The zero-order valence-corrected chi connectivity index (χ0v) is 16.1. The molecule has 5 aromatic rings. The maximum absolute atomic E-state index is 6.03. The van der Waals surface area contributed by atoms with E-state index in [2.05, 4.69) is 39.7 Å². The molecule has 0 aliphatic carbocycles. The van der Waals surface area contributed by atoms with Gasteiger partial charge < -0.3 is 14.3 Å². The Kier molecular flexibility index (Phi) is 4.06. The van der Waals surface area contributed by atoms with Crippen molar-refractivity contribution in [2.45, 2.75) is 13.5 Å². The summed E-state index contributed by atoms with van der Waals surface area (Å²) in [7, 11) is 0. The number of hydrogen-bond donors (Lipinski definition) is 1. The summed E-state index contributed by atoms with van der Waals surface area (Å²) in [5.74, 6) is 1.64. The van der Waals surface area contributed by atoms with Crippen molar-refractivity contribution in [2.24, 2.45) is 0 Å². The quantitative estimate of drug-likeness (QED) is 0.408. The van der Waals surface area contributed by atoms with E-state index in [0.29, 0.717) is 6.61 Å². The molecule has 0 saturated heterocycles. The summed E-state index contributed by atoms with van der Waals surface area (Å²) in [4.78, 5) is 7.85. The Morgan fingerprint density at radius 2 is 1.82 bits per heavy atom. The first-order valence-electron chi connectivity index (χ1n) is 9.12. The maximum Gasteiger partial charge on any atom is 0.146 e. The van der Waals surface area contributed by atoms with Gasteiger partial charge in [0, 0.05) is 21.8 Å². The van der Waals surface area contributed by atoms with Crippen molar-refractivity contribution in [3.8, 4) is 11.4 Å². The number of rotatable bonds is 4. The van der Waals surface area contributed by atoms with Crippen LogP contribution in [-0.2, 0) is 6.61 Å². The molecular formula is C23H18ClN3O. The van der Waals surface area contributed by atoms with E-state index in [1.807, 2.05) is 54.6 Å².